The minimum Gasteiger partial charge on any atom is -0.486 e. The van der Waals surface area contributed by atoms with Crippen LogP contribution in [0.15, 0.2) is 35.8 Å². The normalized spacial score (nSPS) is 15.9. The zero-order chi connectivity index (χ0) is 18.9. The molecular weight excluding hydrogens is 372 g/mol. The predicted molar refractivity (Wildman–Crippen MR) is 110 cm³/mol. The summed E-state index contributed by atoms with van der Waals surface area (Å²) in [4.78, 5) is 13.2. The van der Waals surface area contributed by atoms with Crippen LogP contribution in [0.1, 0.15) is 21.7 Å². The summed E-state index contributed by atoms with van der Waals surface area (Å²) in [7, 11) is 0. The van der Waals surface area contributed by atoms with Crippen LogP contribution < -0.4 is 14.8 Å². The Hall–Kier alpha value is -2.64. The molecule has 2 aliphatic rings. The molecule has 0 fully saturated rings. The fourth-order valence-corrected chi connectivity index (χ4v) is 4.54. The van der Waals surface area contributed by atoms with Gasteiger partial charge in [0.2, 0.25) is 5.95 Å². The number of aryl methyl sites for hydroxylation is 1. The van der Waals surface area contributed by atoms with Crippen molar-refractivity contribution >= 4 is 23.0 Å². The maximum absolute atomic E-state index is 5.64. The van der Waals surface area contributed by atoms with Crippen molar-refractivity contribution in [3.05, 3.63) is 57.5 Å². The number of rotatable bonds is 4. The zero-order valence-electron chi connectivity index (χ0n) is 15.8. The van der Waals surface area contributed by atoms with Crippen molar-refractivity contribution in [1.29, 1.82) is 0 Å². The number of aromatic nitrogens is 2. The highest BCUT2D eigenvalue weighted by Crippen LogP contribution is 2.33. The van der Waals surface area contributed by atoms with Crippen molar-refractivity contribution in [1.82, 2.24) is 14.9 Å². The number of ether oxygens (including phenoxy) is 2. The summed E-state index contributed by atoms with van der Waals surface area (Å²) in [5.74, 6) is 2.16. The summed E-state index contributed by atoms with van der Waals surface area (Å²) < 4.78 is 11.2. The monoisotopic (exact) mass is 394 g/mol. The first-order valence-corrected chi connectivity index (χ1v) is 10.4. The number of hydrogen-bond acceptors (Lipinski definition) is 7. The van der Waals surface area contributed by atoms with E-state index in [1.165, 1.54) is 16.0 Å². The molecule has 1 aromatic carbocycles. The fourth-order valence-electron chi connectivity index (χ4n) is 3.59. The molecule has 2 aromatic heterocycles. The van der Waals surface area contributed by atoms with Gasteiger partial charge in [0.15, 0.2) is 11.5 Å². The number of fused-ring (bicyclic) bond motifs is 2. The zero-order valence-corrected chi connectivity index (χ0v) is 16.6. The number of nitrogens with zero attached hydrogens (tertiary/aromatic N) is 3. The Morgan fingerprint density at radius 1 is 1.18 bits per heavy atom. The molecular formula is C21H22N4O2S. The molecule has 0 bridgehead atoms. The summed E-state index contributed by atoms with van der Waals surface area (Å²) in [5.41, 5.74) is 4.63. The molecule has 144 valence electrons. The van der Waals surface area contributed by atoms with Crippen LogP contribution in [0.3, 0.4) is 0 Å². The van der Waals surface area contributed by atoms with Gasteiger partial charge in [-0.3, -0.25) is 4.90 Å². The van der Waals surface area contributed by atoms with E-state index in [2.05, 4.69) is 33.6 Å². The molecule has 4 heterocycles. The van der Waals surface area contributed by atoms with E-state index in [1.807, 2.05) is 35.7 Å². The van der Waals surface area contributed by atoms with Gasteiger partial charge in [0, 0.05) is 54.4 Å². The lowest BCUT2D eigenvalue weighted by atomic mass is 10.1. The molecule has 0 amide bonds. The molecule has 28 heavy (non-hydrogen) atoms. The van der Waals surface area contributed by atoms with Gasteiger partial charge in [0.1, 0.15) is 13.2 Å². The first-order valence-electron chi connectivity index (χ1n) is 9.51. The van der Waals surface area contributed by atoms with Crippen LogP contribution in [0, 0.1) is 6.92 Å². The Balaban J connectivity index is 1.28. The van der Waals surface area contributed by atoms with Crippen molar-refractivity contribution in [2.75, 3.05) is 25.1 Å². The molecule has 2 aliphatic heterocycles. The number of anilines is 2. The molecule has 0 atom stereocenters. The van der Waals surface area contributed by atoms with Crippen LogP contribution in [-0.2, 0) is 19.5 Å². The smallest absolute Gasteiger partial charge is 0.227 e. The molecule has 3 aromatic rings. The number of thiophene rings is 1. The predicted octanol–water partition coefficient (Wildman–Crippen LogP) is 3.92. The minimum atomic E-state index is 0.577. The van der Waals surface area contributed by atoms with E-state index in [0.29, 0.717) is 19.2 Å². The van der Waals surface area contributed by atoms with Gasteiger partial charge in [-0.2, -0.15) is 0 Å². The second kappa shape index (κ2) is 7.41. The number of nitrogens with one attached hydrogen (secondary N) is 1. The standard InChI is InChI=1S/C21H22N4O2S/c1-14-5-9-28-20(14)13-25-6-4-17-15(12-25)11-22-21(24-17)23-16-2-3-18-19(10-16)27-8-7-26-18/h2-3,5,9-11H,4,6-8,12-13H2,1H3,(H,22,23,24). The van der Waals surface area contributed by atoms with Crippen molar-refractivity contribution < 1.29 is 9.47 Å². The molecule has 0 saturated heterocycles. The third-order valence-electron chi connectivity index (χ3n) is 5.15. The van der Waals surface area contributed by atoms with Crippen molar-refractivity contribution in [3.8, 4) is 11.5 Å². The molecule has 0 saturated carbocycles. The maximum atomic E-state index is 5.64. The van der Waals surface area contributed by atoms with E-state index in [9.17, 15) is 0 Å². The second-order valence-corrected chi connectivity index (χ2v) is 8.14. The summed E-state index contributed by atoms with van der Waals surface area (Å²) in [6, 6.07) is 8.00. The third kappa shape index (κ3) is 3.55. The molecule has 6 nitrogen and oxygen atoms in total. The lowest BCUT2D eigenvalue weighted by Gasteiger charge is -2.28. The van der Waals surface area contributed by atoms with Crippen LogP contribution in [0.25, 0.3) is 0 Å². The Morgan fingerprint density at radius 3 is 2.93 bits per heavy atom. The third-order valence-corrected chi connectivity index (χ3v) is 6.15. The lowest BCUT2D eigenvalue weighted by Crippen LogP contribution is -2.30. The first-order chi connectivity index (χ1) is 13.7. The van der Waals surface area contributed by atoms with Crippen molar-refractivity contribution in [2.24, 2.45) is 0 Å². The van der Waals surface area contributed by atoms with Gasteiger partial charge in [-0.25, -0.2) is 9.97 Å². The Morgan fingerprint density at radius 2 is 2.07 bits per heavy atom. The summed E-state index contributed by atoms with van der Waals surface area (Å²) >= 11 is 1.84. The summed E-state index contributed by atoms with van der Waals surface area (Å²) in [6.07, 6.45) is 2.90. The topological polar surface area (TPSA) is 59.5 Å². The molecule has 0 radical (unpaired) electrons. The largest absolute Gasteiger partial charge is 0.486 e. The van der Waals surface area contributed by atoms with Gasteiger partial charge in [0.05, 0.1) is 5.69 Å². The molecule has 1 N–H and O–H groups in total. The van der Waals surface area contributed by atoms with Crippen LogP contribution in [0.4, 0.5) is 11.6 Å². The van der Waals surface area contributed by atoms with Gasteiger partial charge in [0.25, 0.3) is 0 Å². The molecule has 7 heteroatoms. The SMILES string of the molecule is Cc1ccsc1CN1CCc2nc(Nc3ccc4c(c3)OCCO4)ncc2C1. The highest BCUT2D eigenvalue weighted by Gasteiger charge is 2.20. The van der Waals surface area contributed by atoms with Crippen LogP contribution in [0.5, 0.6) is 11.5 Å². The quantitative estimate of drug-likeness (QED) is 0.724. The van der Waals surface area contributed by atoms with E-state index >= 15 is 0 Å². The van der Waals surface area contributed by atoms with Crippen molar-refractivity contribution in [2.45, 2.75) is 26.4 Å². The average Bonchev–Trinajstić information content (AvgIpc) is 3.12. The van der Waals surface area contributed by atoms with Gasteiger partial charge in [-0.05, 0) is 36.1 Å². The van der Waals surface area contributed by atoms with Crippen LogP contribution >= 0.6 is 11.3 Å². The molecule has 5 rings (SSSR count). The highest BCUT2D eigenvalue weighted by molar-refractivity contribution is 7.10. The first kappa shape index (κ1) is 17.5. The van der Waals surface area contributed by atoms with Gasteiger partial charge >= 0.3 is 0 Å². The van der Waals surface area contributed by atoms with E-state index in [4.69, 9.17) is 14.5 Å². The van der Waals surface area contributed by atoms with Gasteiger partial charge in [-0.1, -0.05) is 0 Å². The minimum absolute atomic E-state index is 0.577. The Labute approximate surface area is 168 Å². The van der Waals surface area contributed by atoms with Crippen LogP contribution in [-0.4, -0.2) is 34.6 Å². The van der Waals surface area contributed by atoms with E-state index in [1.54, 1.807) is 0 Å². The molecule has 0 aliphatic carbocycles. The summed E-state index contributed by atoms with van der Waals surface area (Å²) in [6.45, 7) is 6.27. The van der Waals surface area contributed by atoms with E-state index in [-0.39, 0.29) is 0 Å². The molecule has 0 spiro atoms. The van der Waals surface area contributed by atoms with Gasteiger partial charge < -0.3 is 14.8 Å². The fraction of sp³-hybridized carbons (Fsp3) is 0.333. The Kier molecular flexibility index (Phi) is 4.62. The lowest BCUT2D eigenvalue weighted by molar-refractivity contribution is 0.171. The van der Waals surface area contributed by atoms with E-state index < -0.39 is 0 Å². The van der Waals surface area contributed by atoms with E-state index in [0.717, 1.165) is 48.9 Å². The second-order valence-electron chi connectivity index (χ2n) is 7.14. The maximum Gasteiger partial charge on any atom is 0.227 e. The van der Waals surface area contributed by atoms with Crippen molar-refractivity contribution in [3.63, 3.8) is 0 Å². The summed E-state index contributed by atoms with van der Waals surface area (Å²) in [5, 5.41) is 5.46. The molecule has 0 unspecified atom stereocenters. The highest BCUT2D eigenvalue weighted by atomic mass is 32.1. The van der Waals surface area contributed by atoms with Gasteiger partial charge in [-0.15, -0.1) is 11.3 Å². The number of benzene rings is 1. The Bertz CT molecular complexity index is 1000. The van der Waals surface area contributed by atoms with Crippen LogP contribution in [0.2, 0.25) is 0 Å². The average molecular weight is 395 g/mol. The number of hydrogen-bond donors (Lipinski definition) is 1.